The van der Waals surface area contributed by atoms with E-state index in [0.29, 0.717) is 12.8 Å². The van der Waals surface area contributed by atoms with Gasteiger partial charge in [-0.05, 0) is 70.3 Å². The maximum absolute atomic E-state index is 12.6. The molecule has 0 rings (SSSR count). The lowest BCUT2D eigenvalue weighted by Crippen LogP contribution is -2.28. The second-order valence-electron chi connectivity index (χ2n) is 13.5. The highest BCUT2D eigenvalue weighted by atomic mass is 16.5. The third-order valence-electron chi connectivity index (χ3n) is 8.83. The predicted octanol–water partition coefficient (Wildman–Crippen LogP) is 12.0. The predicted molar refractivity (Wildman–Crippen MR) is 199 cm³/mol. The first-order chi connectivity index (χ1) is 23.0. The molecule has 0 aliphatic heterocycles. The van der Waals surface area contributed by atoms with Crippen molar-refractivity contribution in [1.29, 1.82) is 0 Å². The highest BCUT2D eigenvalue weighted by Crippen LogP contribution is 2.16. The van der Waals surface area contributed by atoms with Gasteiger partial charge in [-0.1, -0.05) is 148 Å². The number of unbranched alkanes of at least 4 members (excludes halogenated alkanes) is 23. The van der Waals surface area contributed by atoms with Crippen LogP contribution in [0.1, 0.15) is 206 Å². The van der Waals surface area contributed by atoms with Gasteiger partial charge >= 0.3 is 11.9 Å². The summed E-state index contributed by atoms with van der Waals surface area (Å²) < 4.78 is 5.88. The molecule has 0 aliphatic rings. The molecule has 0 aromatic rings. The molecule has 0 aromatic carbocycles. The van der Waals surface area contributed by atoms with Crippen molar-refractivity contribution in [1.82, 2.24) is 5.32 Å². The molecule has 6 heteroatoms. The molecular formula is C41H75NO5. The molecule has 0 aliphatic carbocycles. The number of aliphatic carboxylic acids is 1. The summed E-state index contributed by atoms with van der Waals surface area (Å²) in [6, 6.07) is 0. The van der Waals surface area contributed by atoms with Crippen LogP contribution < -0.4 is 5.32 Å². The number of carbonyl (C=O) groups is 3. The van der Waals surface area contributed by atoms with Crippen molar-refractivity contribution in [2.24, 2.45) is 0 Å². The van der Waals surface area contributed by atoms with Crippen molar-refractivity contribution in [3.8, 4) is 0 Å². The van der Waals surface area contributed by atoms with Gasteiger partial charge in [0.2, 0.25) is 5.91 Å². The standard InChI is InChI=1S/C41H75NO5/c1-3-5-7-9-11-12-13-14-15-16-17-18-19-20-21-22-24-26-32-36-41(46)47-38(33-29-25-23-10-8-6-4-2)34-30-27-28-31-35-39(43)42-37-40(44)45/h14-15,29,33,38H,3-13,16-28,30-32,34-37H2,1-2H3,(H,42,43)(H,44,45)/b15-14-,33-29-. The Morgan fingerprint density at radius 3 is 1.49 bits per heavy atom. The van der Waals surface area contributed by atoms with E-state index in [2.05, 4.69) is 43.5 Å². The van der Waals surface area contributed by atoms with Crippen LogP contribution in [0, 0.1) is 0 Å². The number of amides is 1. The van der Waals surface area contributed by atoms with Crippen LogP contribution in [0.3, 0.4) is 0 Å². The Kier molecular flexibility index (Phi) is 35.1. The number of esters is 1. The Bertz CT molecular complexity index is 778. The van der Waals surface area contributed by atoms with Crippen LogP contribution in [0.2, 0.25) is 0 Å². The summed E-state index contributed by atoms with van der Waals surface area (Å²) in [5.41, 5.74) is 0. The van der Waals surface area contributed by atoms with Crippen molar-refractivity contribution in [3.63, 3.8) is 0 Å². The monoisotopic (exact) mass is 662 g/mol. The smallest absolute Gasteiger partial charge is 0.322 e. The maximum Gasteiger partial charge on any atom is 0.322 e. The van der Waals surface area contributed by atoms with Crippen molar-refractivity contribution in [3.05, 3.63) is 24.3 Å². The number of carboxylic acid groups (broad SMARTS) is 1. The number of hydrogen-bond acceptors (Lipinski definition) is 4. The molecule has 0 aromatic heterocycles. The number of carbonyl (C=O) groups excluding carboxylic acids is 2. The largest absolute Gasteiger partial charge is 0.480 e. The summed E-state index contributed by atoms with van der Waals surface area (Å²) in [5.74, 6) is -1.32. The summed E-state index contributed by atoms with van der Waals surface area (Å²) in [7, 11) is 0. The number of allylic oxidation sites excluding steroid dienone is 3. The van der Waals surface area contributed by atoms with E-state index in [1.54, 1.807) is 0 Å². The highest BCUT2D eigenvalue weighted by Gasteiger charge is 2.12. The quantitative estimate of drug-likeness (QED) is 0.0396. The average molecular weight is 662 g/mol. The fourth-order valence-electron chi connectivity index (χ4n) is 5.83. The van der Waals surface area contributed by atoms with Gasteiger partial charge in [-0.15, -0.1) is 0 Å². The maximum atomic E-state index is 12.6. The van der Waals surface area contributed by atoms with Gasteiger partial charge in [0.1, 0.15) is 12.6 Å². The normalized spacial score (nSPS) is 12.2. The first-order valence-corrected chi connectivity index (χ1v) is 20.0. The van der Waals surface area contributed by atoms with Crippen molar-refractivity contribution < 1.29 is 24.2 Å². The second kappa shape index (κ2) is 36.7. The topological polar surface area (TPSA) is 92.7 Å². The van der Waals surface area contributed by atoms with Crippen LogP contribution in [-0.4, -0.2) is 35.6 Å². The van der Waals surface area contributed by atoms with E-state index in [1.807, 2.05) is 0 Å². The Labute approximate surface area is 290 Å². The number of ether oxygens (including phenoxy) is 1. The molecule has 6 nitrogen and oxygen atoms in total. The third kappa shape index (κ3) is 36.6. The van der Waals surface area contributed by atoms with Crippen LogP contribution in [0.4, 0.5) is 0 Å². The van der Waals surface area contributed by atoms with Crippen molar-refractivity contribution in [2.75, 3.05) is 6.54 Å². The highest BCUT2D eigenvalue weighted by molar-refractivity contribution is 5.80. The van der Waals surface area contributed by atoms with Crippen molar-refractivity contribution in [2.45, 2.75) is 213 Å². The van der Waals surface area contributed by atoms with E-state index in [4.69, 9.17) is 9.84 Å². The molecule has 0 saturated carbocycles. The zero-order valence-corrected chi connectivity index (χ0v) is 30.9. The SMILES string of the molecule is CCCCCCC/C=C\C(CCCCCCC(=O)NCC(=O)O)OC(=O)CCCCCCCCCCC/C=C\CCCCCCCC. The van der Waals surface area contributed by atoms with Gasteiger partial charge in [0, 0.05) is 12.8 Å². The van der Waals surface area contributed by atoms with Gasteiger partial charge in [0.15, 0.2) is 0 Å². The van der Waals surface area contributed by atoms with Crippen LogP contribution >= 0.6 is 0 Å². The van der Waals surface area contributed by atoms with E-state index >= 15 is 0 Å². The Hall–Kier alpha value is -2.11. The molecule has 47 heavy (non-hydrogen) atoms. The molecule has 0 bridgehead atoms. The molecule has 0 spiro atoms. The molecule has 274 valence electrons. The fraction of sp³-hybridized carbons (Fsp3) is 0.829. The molecule has 1 amide bonds. The minimum Gasteiger partial charge on any atom is -0.480 e. The Morgan fingerprint density at radius 1 is 0.553 bits per heavy atom. The summed E-state index contributed by atoms with van der Waals surface area (Å²) >= 11 is 0. The van der Waals surface area contributed by atoms with Gasteiger partial charge < -0.3 is 15.2 Å². The molecule has 0 heterocycles. The summed E-state index contributed by atoms with van der Waals surface area (Å²) in [6.07, 6.45) is 43.2. The van der Waals surface area contributed by atoms with E-state index in [0.717, 1.165) is 51.4 Å². The van der Waals surface area contributed by atoms with E-state index in [1.165, 1.54) is 128 Å². The zero-order valence-electron chi connectivity index (χ0n) is 30.9. The average Bonchev–Trinajstić information content (AvgIpc) is 3.05. The lowest BCUT2D eigenvalue weighted by atomic mass is 10.0. The van der Waals surface area contributed by atoms with E-state index in [-0.39, 0.29) is 24.5 Å². The van der Waals surface area contributed by atoms with Gasteiger partial charge in [-0.2, -0.15) is 0 Å². The number of nitrogens with one attached hydrogen (secondary N) is 1. The number of hydrogen-bond donors (Lipinski definition) is 2. The first kappa shape index (κ1) is 44.9. The molecule has 2 N–H and O–H groups in total. The van der Waals surface area contributed by atoms with Gasteiger partial charge in [-0.25, -0.2) is 0 Å². The number of rotatable bonds is 36. The molecule has 1 atom stereocenters. The first-order valence-electron chi connectivity index (χ1n) is 20.0. The number of carboxylic acids is 1. The summed E-state index contributed by atoms with van der Waals surface area (Å²) in [6.45, 7) is 4.18. The molecular weight excluding hydrogens is 586 g/mol. The molecule has 0 saturated heterocycles. The lowest BCUT2D eigenvalue weighted by Gasteiger charge is -2.15. The van der Waals surface area contributed by atoms with E-state index < -0.39 is 5.97 Å². The Morgan fingerprint density at radius 2 is 0.979 bits per heavy atom. The summed E-state index contributed by atoms with van der Waals surface area (Å²) in [4.78, 5) is 34.8. The molecule has 1 unspecified atom stereocenters. The van der Waals surface area contributed by atoms with Gasteiger partial charge in [-0.3, -0.25) is 14.4 Å². The second-order valence-corrected chi connectivity index (χ2v) is 13.5. The fourth-order valence-corrected chi connectivity index (χ4v) is 5.83. The van der Waals surface area contributed by atoms with Gasteiger partial charge in [0.25, 0.3) is 0 Å². The minimum atomic E-state index is -1.03. The third-order valence-corrected chi connectivity index (χ3v) is 8.83. The van der Waals surface area contributed by atoms with Gasteiger partial charge in [0.05, 0.1) is 0 Å². The van der Waals surface area contributed by atoms with Crippen LogP contribution in [0.5, 0.6) is 0 Å². The minimum absolute atomic E-state index is 0.0845. The van der Waals surface area contributed by atoms with Crippen molar-refractivity contribution >= 4 is 17.8 Å². The summed E-state index contributed by atoms with van der Waals surface area (Å²) in [5, 5.41) is 11.1. The molecule has 0 fully saturated rings. The van der Waals surface area contributed by atoms with Crippen LogP contribution in [0.25, 0.3) is 0 Å². The van der Waals surface area contributed by atoms with E-state index in [9.17, 15) is 14.4 Å². The van der Waals surface area contributed by atoms with Crippen LogP contribution in [-0.2, 0) is 19.1 Å². The Balaban J connectivity index is 3.99. The lowest BCUT2D eigenvalue weighted by molar-refractivity contribution is -0.147. The van der Waals surface area contributed by atoms with Crippen LogP contribution in [0.15, 0.2) is 24.3 Å². The molecule has 0 radical (unpaired) electrons. The zero-order chi connectivity index (χ0) is 34.5.